The van der Waals surface area contributed by atoms with Gasteiger partial charge in [-0.2, -0.15) is 4.31 Å². The quantitative estimate of drug-likeness (QED) is 0.407. The van der Waals surface area contributed by atoms with Crippen molar-refractivity contribution >= 4 is 38.4 Å². The number of ketones is 1. The molecule has 2 aromatic carbocycles. The fourth-order valence-electron chi connectivity index (χ4n) is 4.22. The van der Waals surface area contributed by atoms with E-state index in [0.29, 0.717) is 23.4 Å². The number of sulfonamides is 1. The van der Waals surface area contributed by atoms with E-state index in [1.54, 1.807) is 37.9 Å². The number of aryl methyl sites for hydroxylation is 2. The number of amides is 1. The van der Waals surface area contributed by atoms with E-state index in [0.717, 1.165) is 26.6 Å². The zero-order valence-corrected chi connectivity index (χ0v) is 23.0. The molecule has 1 N–H and O–H groups in total. The predicted octanol–water partition coefficient (Wildman–Crippen LogP) is 3.53. The lowest BCUT2D eigenvalue weighted by molar-refractivity contribution is -0.132. The van der Waals surface area contributed by atoms with Gasteiger partial charge in [0.05, 0.1) is 24.1 Å². The molecule has 0 aliphatic carbocycles. The van der Waals surface area contributed by atoms with Crippen LogP contribution in [0, 0.1) is 13.8 Å². The van der Waals surface area contributed by atoms with Crippen molar-refractivity contribution in [1.82, 2.24) is 14.2 Å². The number of likely N-dealkylation sites (N-methyl/N-ethyl adjacent to an activating group) is 1. The summed E-state index contributed by atoms with van der Waals surface area (Å²) in [5, 5.41) is 3.98. The van der Waals surface area contributed by atoms with Crippen LogP contribution in [-0.2, 0) is 26.2 Å². The molecule has 0 saturated carbocycles. The molecule has 0 atom stereocenters. The van der Waals surface area contributed by atoms with Crippen LogP contribution in [-0.4, -0.2) is 69.1 Å². The van der Waals surface area contributed by atoms with Crippen molar-refractivity contribution < 1.29 is 22.7 Å². The van der Waals surface area contributed by atoms with Gasteiger partial charge in [-0.1, -0.05) is 6.07 Å². The number of fused-ring (bicyclic) bond motifs is 1. The number of aromatic nitrogens is 1. The van der Waals surface area contributed by atoms with Gasteiger partial charge in [-0.3, -0.25) is 9.59 Å². The van der Waals surface area contributed by atoms with E-state index in [1.807, 2.05) is 37.4 Å². The van der Waals surface area contributed by atoms with Crippen molar-refractivity contribution in [3.05, 3.63) is 59.2 Å². The number of carbonyl (C=O) groups excluding carboxylic acids is 2. The number of carbonyl (C=O) groups is 2. The first-order chi connectivity index (χ1) is 17.5. The summed E-state index contributed by atoms with van der Waals surface area (Å²) in [6, 6.07) is 13.0. The lowest BCUT2D eigenvalue weighted by Crippen LogP contribution is -2.34. The molecular formula is C27H34N4O5S. The topological polar surface area (TPSA) is 109 Å². The highest BCUT2D eigenvalue weighted by Crippen LogP contribution is 2.27. The van der Waals surface area contributed by atoms with Crippen LogP contribution in [0.1, 0.15) is 29.5 Å². The van der Waals surface area contributed by atoms with E-state index >= 15 is 0 Å². The normalized spacial score (nSPS) is 11.5. The van der Waals surface area contributed by atoms with E-state index in [2.05, 4.69) is 10.3 Å². The molecule has 9 nitrogen and oxygen atoms in total. The molecule has 198 valence electrons. The van der Waals surface area contributed by atoms with Crippen LogP contribution in [0.5, 0.6) is 5.75 Å². The maximum absolute atomic E-state index is 13.1. The van der Waals surface area contributed by atoms with E-state index in [-0.39, 0.29) is 36.0 Å². The summed E-state index contributed by atoms with van der Waals surface area (Å²) in [6.07, 6.45) is -0.0392. The Morgan fingerprint density at radius 2 is 1.68 bits per heavy atom. The molecule has 0 spiro atoms. The molecule has 37 heavy (non-hydrogen) atoms. The molecule has 1 amide bonds. The lowest BCUT2D eigenvalue weighted by Gasteiger charge is -2.20. The van der Waals surface area contributed by atoms with Gasteiger partial charge in [0.1, 0.15) is 17.4 Å². The molecule has 0 bridgehead atoms. The minimum Gasteiger partial charge on any atom is -0.497 e. The Labute approximate surface area is 218 Å². The van der Waals surface area contributed by atoms with Crippen LogP contribution in [0.4, 0.5) is 5.82 Å². The largest absolute Gasteiger partial charge is 0.497 e. The zero-order chi connectivity index (χ0) is 27.3. The number of ether oxygens (including phenoxy) is 1. The maximum atomic E-state index is 13.1. The number of methoxy groups -OCH3 is 1. The van der Waals surface area contributed by atoms with E-state index < -0.39 is 10.0 Å². The van der Waals surface area contributed by atoms with Gasteiger partial charge in [-0.25, -0.2) is 13.4 Å². The summed E-state index contributed by atoms with van der Waals surface area (Å²) in [6.45, 7) is 3.47. The van der Waals surface area contributed by atoms with E-state index in [4.69, 9.17) is 4.74 Å². The van der Waals surface area contributed by atoms with Gasteiger partial charge in [-0.05, 0) is 66.9 Å². The minimum atomic E-state index is -3.89. The van der Waals surface area contributed by atoms with Gasteiger partial charge < -0.3 is 15.0 Å². The van der Waals surface area contributed by atoms with Crippen molar-refractivity contribution in [3.63, 3.8) is 0 Å². The third kappa shape index (κ3) is 6.64. The van der Waals surface area contributed by atoms with Crippen LogP contribution in [0.25, 0.3) is 10.9 Å². The minimum absolute atomic E-state index is 0.00444. The SMILES string of the molecule is CNc1ccc2cc(CN(C)C(=O)CCC(=O)CN(C)S(=O)(=O)c3c(C)cc(OC)cc3C)ccc2n1. The fourth-order valence-corrected chi connectivity index (χ4v) is 5.77. The molecular weight excluding hydrogens is 492 g/mol. The predicted molar refractivity (Wildman–Crippen MR) is 144 cm³/mol. The number of benzene rings is 2. The second-order valence-corrected chi connectivity index (χ2v) is 11.1. The summed E-state index contributed by atoms with van der Waals surface area (Å²) in [5.41, 5.74) is 2.89. The van der Waals surface area contributed by atoms with E-state index in [1.165, 1.54) is 14.2 Å². The molecule has 0 aliphatic heterocycles. The monoisotopic (exact) mass is 526 g/mol. The third-order valence-corrected chi connectivity index (χ3v) is 8.32. The summed E-state index contributed by atoms with van der Waals surface area (Å²) in [7, 11) is 2.51. The number of nitrogens with zero attached hydrogens (tertiary/aromatic N) is 3. The van der Waals surface area contributed by atoms with Crippen LogP contribution in [0.15, 0.2) is 47.4 Å². The number of Topliss-reactive ketones (excluding diaryl/α,β-unsaturated/α-hetero) is 1. The molecule has 3 aromatic rings. The Bertz CT molecular complexity index is 1400. The van der Waals surface area contributed by atoms with Crippen LogP contribution in [0.3, 0.4) is 0 Å². The number of hydrogen-bond donors (Lipinski definition) is 1. The van der Waals surface area contributed by atoms with Crippen molar-refractivity contribution in [1.29, 1.82) is 0 Å². The molecule has 0 saturated heterocycles. The number of pyridine rings is 1. The Morgan fingerprint density at radius 3 is 2.30 bits per heavy atom. The highest BCUT2D eigenvalue weighted by atomic mass is 32.2. The summed E-state index contributed by atoms with van der Waals surface area (Å²) >= 11 is 0. The molecule has 0 unspecified atom stereocenters. The van der Waals surface area contributed by atoms with E-state index in [9.17, 15) is 18.0 Å². The third-order valence-electron chi connectivity index (χ3n) is 6.21. The first kappa shape index (κ1) is 28.1. The zero-order valence-electron chi connectivity index (χ0n) is 22.2. The number of anilines is 1. The molecule has 1 heterocycles. The number of rotatable bonds is 11. The average Bonchev–Trinajstić information content (AvgIpc) is 2.86. The summed E-state index contributed by atoms with van der Waals surface area (Å²) in [4.78, 5) is 31.5. The second kappa shape index (κ2) is 11.7. The first-order valence-corrected chi connectivity index (χ1v) is 13.3. The Balaban J connectivity index is 1.57. The van der Waals surface area contributed by atoms with Crippen molar-refractivity contribution in [2.24, 2.45) is 0 Å². The standard InChI is InChI=1S/C27H34N4O5S/c1-18-13-23(36-6)14-19(2)27(18)37(34,35)31(5)17-22(32)9-12-26(33)30(4)16-20-7-10-24-21(15-20)8-11-25(28-3)29-24/h7-8,10-11,13-15H,9,12,16-17H2,1-6H3,(H,28,29). The average molecular weight is 527 g/mol. The lowest BCUT2D eigenvalue weighted by atomic mass is 10.1. The number of hydrogen-bond acceptors (Lipinski definition) is 7. The molecule has 3 rings (SSSR count). The number of nitrogens with one attached hydrogen (secondary N) is 1. The van der Waals surface area contributed by atoms with Crippen molar-refractivity contribution in [3.8, 4) is 5.75 Å². The van der Waals surface area contributed by atoms with Crippen LogP contribution >= 0.6 is 0 Å². The Kier molecular flexibility index (Phi) is 8.88. The van der Waals surface area contributed by atoms with Crippen LogP contribution < -0.4 is 10.1 Å². The smallest absolute Gasteiger partial charge is 0.243 e. The molecule has 1 aromatic heterocycles. The van der Waals surface area contributed by atoms with Gasteiger partial charge in [0.2, 0.25) is 15.9 Å². The molecule has 0 aliphatic rings. The molecule has 0 fully saturated rings. The summed E-state index contributed by atoms with van der Waals surface area (Å²) < 4.78 is 32.5. The fraction of sp³-hybridized carbons (Fsp3) is 0.370. The van der Waals surface area contributed by atoms with Gasteiger partial charge in [0, 0.05) is 45.9 Å². The van der Waals surface area contributed by atoms with Gasteiger partial charge in [0.15, 0.2) is 0 Å². The van der Waals surface area contributed by atoms with Crippen LogP contribution in [0.2, 0.25) is 0 Å². The van der Waals surface area contributed by atoms with Gasteiger partial charge >= 0.3 is 0 Å². The highest BCUT2D eigenvalue weighted by molar-refractivity contribution is 7.89. The Morgan fingerprint density at radius 1 is 1.00 bits per heavy atom. The van der Waals surface area contributed by atoms with Gasteiger partial charge in [0.25, 0.3) is 0 Å². The van der Waals surface area contributed by atoms with Crippen molar-refractivity contribution in [2.75, 3.05) is 40.1 Å². The highest BCUT2D eigenvalue weighted by Gasteiger charge is 2.27. The Hall–Kier alpha value is -3.50. The second-order valence-electron chi connectivity index (χ2n) is 9.11. The van der Waals surface area contributed by atoms with Gasteiger partial charge in [-0.15, -0.1) is 0 Å². The molecule has 10 heteroatoms. The maximum Gasteiger partial charge on any atom is 0.243 e. The molecule has 0 radical (unpaired) electrons. The first-order valence-electron chi connectivity index (χ1n) is 11.9. The van der Waals surface area contributed by atoms with Crippen molar-refractivity contribution in [2.45, 2.75) is 38.1 Å². The summed E-state index contributed by atoms with van der Waals surface area (Å²) in [5.74, 6) is 0.835.